The van der Waals surface area contributed by atoms with Crippen LogP contribution in [-0.4, -0.2) is 36.3 Å². The van der Waals surface area contributed by atoms with Gasteiger partial charge in [0.25, 0.3) is 5.91 Å². The highest BCUT2D eigenvalue weighted by Gasteiger charge is 2.19. The Hall–Kier alpha value is -1.84. The molecular weight excluding hydrogens is 252 g/mol. The first-order valence-corrected chi connectivity index (χ1v) is 7.35. The molecule has 1 heterocycles. The van der Waals surface area contributed by atoms with Crippen LogP contribution in [0.25, 0.3) is 0 Å². The Bertz CT molecular complexity index is 468. The van der Waals surface area contributed by atoms with Gasteiger partial charge in [-0.1, -0.05) is 25.5 Å². The minimum absolute atomic E-state index is 0.0172. The fourth-order valence-corrected chi connectivity index (χ4v) is 2.35. The molecule has 2 amide bonds. The molecule has 1 saturated heterocycles. The van der Waals surface area contributed by atoms with Gasteiger partial charge in [0.1, 0.15) is 0 Å². The summed E-state index contributed by atoms with van der Waals surface area (Å²) in [4.78, 5) is 25.4. The van der Waals surface area contributed by atoms with Gasteiger partial charge in [0.15, 0.2) is 0 Å². The van der Waals surface area contributed by atoms with Crippen molar-refractivity contribution in [2.45, 2.75) is 32.6 Å². The molecule has 0 atom stereocenters. The largest absolute Gasteiger partial charge is 0.354 e. The molecule has 4 heteroatoms. The normalized spacial score (nSPS) is 15.7. The van der Waals surface area contributed by atoms with Gasteiger partial charge in [-0.15, -0.1) is 0 Å². The summed E-state index contributed by atoms with van der Waals surface area (Å²) in [7, 11) is 0. The van der Waals surface area contributed by atoms with Gasteiger partial charge in [0.05, 0.1) is 0 Å². The van der Waals surface area contributed by atoms with E-state index in [1.54, 1.807) is 4.90 Å². The Balaban J connectivity index is 1.99. The lowest BCUT2D eigenvalue weighted by atomic mass is 10.1. The standard InChI is InChI=1S/C16H22N2O2/c1-2-3-4-13-5-7-14(8-6-13)16(20)18-11-9-15(19)17-10-12-18/h5-8H,2-4,9-12H2,1H3,(H,17,19). The Labute approximate surface area is 120 Å². The summed E-state index contributed by atoms with van der Waals surface area (Å²) in [5.74, 6) is 0.0405. The number of aryl methyl sites for hydroxylation is 1. The van der Waals surface area contributed by atoms with Crippen molar-refractivity contribution >= 4 is 11.8 Å². The summed E-state index contributed by atoms with van der Waals surface area (Å²) in [6, 6.07) is 7.86. The third-order valence-electron chi connectivity index (χ3n) is 3.62. The molecule has 0 spiro atoms. The maximum atomic E-state index is 12.4. The molecule has 1 N–H and O–H groups in total. The summed E-state index contributed by atoms with van der Waals surface area (Å²) in [6.45, 7) is 3.80. The molecule has 0 bridgehead atoms. The first-order valence-electron chi connectivity index (χ1n) is 7.35. The summed E-state index contributed by atoms with van der Waals surface area (Å²) < 4.78 is 0. The van der Waals surface area contributed by atoms with Crippen LogP contribution >= 0.6 is 0 Å². The minimum atomic E-state index is 0.0172. The van der Waals surface area contributed by atoms with Crippen molar-refractivity contribution in [1.29, 1.82) is 0 Å². The predicted molar refractivity (Wildman–Crippen MR) is 78.6 cm³/mol. The molecule has 1 aromatic rings. The van der Waals surface area contributed by atoms with Gasteiger partial charge in [-0.05, 0) is 30.5 Å². The highest BCUT2D eigenvalue weighted by atomic mass is 16.2. The molecule has 0 aliphatic carbocycles. The highest BCUT2D eigenvalue weighted by Crippen LogP contribution is 2.11. The predicted octanol–water partition coefficient (Wildman–Crippen LogP) is 1.99. The van der Waals surface area contributed by atoms with E-state index in [1.165, 1.54) is 18.4 Å². The van der Waals surface area contributed by atoms with Crippen LogP contribution < -0.4 is 5.32 Å². The van der Waals surface area contributed by atoms with E-state index in [9.17, 15) is 9.59 Å². The lowest BCUT2D eigenvalue weighted by Gasteiger charge is -2.19. The lowest BCUT2D eigenvalue weighted by molar-refractivity contribution is -0.120. The smallest absolute Gasteiger partial charge is 0.253 e. The zero-order valence-corrected chi connectivity index (χ0v) is 12.0. The number of nitrogens with zero attached hydrogens (tertiary/aromatic N) is 1. The molecule has 4 nitrogen and oxygen atoms in total. The Morgan fingerprint density at radius 3 is 2.70 bits per heavy atom. The summed E-state index contributed by atoms with van der Waals surface area (Å²) in [5, 5.41) is 2.78. The van der Waals surface area contributed by atoms with Crippen LogP contribution in [0.1, 0.15) is 42.1 Å². The number of unbranched alkanes of at least 4 members (excludes halogenated alkanes) is 1. The molecule has 20 heavy (non-hydrogen) atoms. The van der Waals surface area contributed by atoms with Crippen LogP contribution in [0, 0.1) is 0 Å². The zero-order chi connectivity index (χ0) is 14.4. The molecule has 1 aliphatic heterocycles. The number of nitrogens with one attached hydrogen (secondary N) is 1. The fraction of sp³-hybridized carbons (Fsp3) is 0.500. The molecule has 1 aromatic carbocycles. The van der Waals surface area contributed by atoms with Crippen LogP contribution in [0.4, 0.5) is 0 Å². The van der Waals surface area contributed by atoms with Gasteiger partial charge in [-0.25, -0.2) is 0 Å². The van der Waals surface area contributed by atoms with Crippen molar-refractivity contribution < 1.29 is 9.59 Å². The van der Waals surface area contributed by atoms with E-state index < -0.39 is 0 Å². The maximum Gasteiger partial charge on any atom is 0.253 e. The Morgan fingerprint density at radius 1 is 1.25 bits per heavy atom. The first-order chi connectivity index (χ1) is 9.70. The van der Waals surface area contributed by atoms with Crippen LogP contribution in [0.2, 0.25) is 0 Å². The van der Waals surface area contributed by atoms with Crippen LogP contribution in [0.3, 0.4) is 0 Å². The summed E-state index contributed by atoms with van der Waals surface area (Å²) >= 11 is 0. The number of carbonyl (C=O) groups is 2. The quantitative estimate of drug-likeness (QED) is 0.913. The van der Waals surface area contributed by atoms with E-state index in [1.807, 2.05) is 24.3 Å². The van der Waals surface area contributed by atoms with E-state index in [4.69, 9.17) is 0 Å². The van der Waals surface area contributed by atoms with Crippen LogP contribution in [0.15, 0.2) is 24.3 Å². The van der Waals surface area contributed by atoms with E-state index in [2.05, 4.69) is 12.2 Å². The maximum absolute atomic E-state index is 12.4. The zero-order valence-electron chi connectivity index (χ0n) is 12.0. The molecule has 2 rings (SSSR count). The molecule has 1 fully saturated rings. The van der Waals surface area contributed by atoms with Gasteiger partial charge in [0.2, 0.25) is 5.91 Å². The number of carbonyl (C=O) groups excluding carboxylic acids is 2. The number of hydrogen-bond donors (Lipinski definition) is 1. The third-order valence-corrected chi connectivity index (χ3v) is 3.62. The van der Waals surface area contributed by atoms with Gasteiger partial charge in [0, 0.05) is 31.6 Å². The second-order valence-corrected chi connectivity index (χ2v) is 5.19. The second-order valence-electron chi connectivity index (χ2n) is 5.19. The first kappa shape index (κ1) is 14.6. The van der Waals surface area contributed by atoms with E-state index >= 15 is 0 Å². The van der Waals surface area contributed by atoms with Crippen LogP contribution in [0.5, 0.6) is 0 Å². The molecular formula is C16H22N2O2. The monoisotopic (exact) mass is 274 g/mol. The summed E-state index contributed by atoms with van der Waals surface area (Å²) in [6.07, 6.45) is 3.80. The van der Waals surface area contributed by atoms with Gasteiger partial charge in [-0.3, -0.25) is 9.59 Å². The SMILES string of the molecule is CCCCc1ccc(C(=O)N2CCNC(=O)CC2)cc1. The number of amides is 2. The topological polar surface area (TPSA) is 49.4 Å². The number of rotatable bonds is 4. The van der Waals surface area contributed by atoms with E-state index in [0.29, 0.717) is 31.6 Å². The minimum Gasteiger partial charge on any atom is -0.354 e. The van der Waals surface area contributed by atoms with Crippen molar-refractivity contribution in [2.75, 3.05) is 19.6 Å². The lowest BCUT2D eigenvalue weighted by Crippen LogP contribution is -2.34. The number of benzene rings is 1. The molecule has 0 radical (unpaired) electrons. The van der Waals surface area contributed by atoms with Crippen molar-refractivity contribution in [3.8, 4) is 0 Å². The fourth-order valence-electron chi connectivity index (χ4n) is 2.35. The Kier molecular flexibility index (Phi) is 5.16. The molecule has 0 saturated carbocycles. The highest BCUT2D eigenvalue weighted by molar-refractivity contribution is 5.94. The van der Waals surface area contributed by atoms with E-state index in [0.717, 1.165) is 6.42 Å². The molecule has 0 aromatic heterocycles. The van der Waals surface area contributed by atoms with Crippen LogP contribution in [-0.2, 0) is 11.2 Å². The van der Waals surface area contributed by atoms with Crippen molar-refractivity contribution in [2.24, 2.45) is 0 Å². The van der Waals surface area contributed by atoms with Crippen molar-refractivity contribution in [3.63, 3.8) is 0 Å². The number of hydrogen-bond acceptors (Lipinski definition) is 2. The molecule has 108 valence electrons. The summed E-state index contributed by atoms with van der Waals surface area (Å²) in [5.41, 5.74) is 1.98. The third kappa shape index (κ3) is 3.83. The molecule has 1 aliphatic rings. The Morgan fingerprint density at radius 2 is 2.00 bits per heavy atom. The van der Waals surface area contributed by atoms with Crippen molar-refractivity contribution in [1.82, 2.24) is 10.2 Å². The second kappa shape index (κ2) is 7.08. The van der Waals surface area contributed by atoms with Crippen molar-refractivity contribution in [3.05, 3.63) is 35.4 Å². The average Bonchev–Trinajstić information content (AvgIpc) is 2.70. The van der Waals surface area contributed by atoms with Gasteiger partial charge >= 0.3 is 0 Å². The molecule has 0 unspecified atom stereocenters. The van der Waals surface area contributed by atoms with Gasteiger partial charge < -0.3 is 10.2 Å². The van der Waals surface area contributed by atoms with E-state index in [-0.39, 0.29) is 11.8 Å². The average molecular weight is 274 g/mol. The van der Waals surface area contributed by atoms with Gasteiger partial charge in [-0.2, -0.15) is 0 Å².